The summed E-state index contributed by atoms with van der Waals surface area (Å²) >= 11 is 0. The van der Waals surface area contributed by atoms with Gasteiger partial charge in [0, 0.05) is 35.6 Å². The molecule has 6 N–H and O–H groups in total. The van der Waals surface area contributed by atoms with Crippen LogP contribution in [0.1, 0.15) is 12.8 Å². The molecule has 0 atom stereocenters. The molecule has 15 heavy (non-hydrogen) atoms. The van der Waals surface area contributed by atoms with Crippen LogP contribution in [0.25, 0.3) is 0 Å². The number of carbonyl (C=O) groups is 3. The summed E-state index contributed by atoms with van der Waals surface area (Å²) in [7, 11) is 0. The van der Waals surface area contributed by atoms with E-state index in [1.54, 1.807) is 0 Å². The zero-order valence-corrected chi connectivity index (χ0v) is 11.1. The molecule has 0 heterocycles. The third kappa shape index (κ3) is 7.45. The second kappa shape index (κ2) is 7.77. The Hall–Kier alpha value is -0.475. The van der Waals surface area contributed by atoms with Gasteiger partial charge >= 0.3 is 17.9 Å². The molecule has 0 saturated carbocycles. The monoisotopic (exact) mass is 349 g/mol. The van der Waals surface area contributed by atoms with E-state index < -0.39 is 36.4 Å². The Kier molecular flexibility index (Phi) is 10.4. The molecule has 0 bridgehead atoms. The van der Waals surface area contributed by atoms with E-state index in [0.29, 0.717) is 0 Å². The van der Waals surface area contributed by atoms with E-state index in [2.05, 4.69) is 0 Å². The van der Waals surface area contributed by atoms with Crippen LogP contribution in [-0.2, 0) is 14.4 Å². The maximum absolute atomic E-state index is 10.3. The first-order valence-corrected chi connectivity index (χ1v) is 3.17. The van der Waals surface area contributed by atoms with Crippen LogP contribution in [0.4, 0.5) is 0 Å². The molecule has 0 unspecified atom stereocenters. The van der Waals surface area contributed by atoms with Crippen molar-refractivity contribution >= 4 is 17.9 Å². The smallest absolute Gasteiger partial charge is 0.336 e. The van der Waals surface area contributed by atoms with E-state index in [4.69, 9.17) is 20.4 Å². The second-order valence-corrected chi connectivity index (χ2v) is 2.48. The molecular weight excluding hydrogens is 339 g/mol. The first kappa shape index (κ1) is 20.0. The maximum Gasteiger partial charge on any atom is 0.336 e. The average Bonchev–Trinajstić information content (AvgIpc) is 1.82. The van der Waals surface area contributed by atoms with E-state index in [1.807, 2.05) is 0 Å². The van der Waals surface area contributed by atoms with Crippen LogP contribution in [0.15, 0.2) is 0 Å². The van der Waals surface area contributed by atoms with Gasteiger partial charge in [-0.3, -0.25) is 9.59 Å². The van der Waals surface area contributed by atoms with Crippen molar-refractivity contribution in [1.82, 2.24) is 0 Å². The third-order valence-corrected chi connectivity index (χ3v) is 1.29. The zero-order valence-electron chi connectivity index (χ0n) is 7.51. The van der Waals surface area contributed by atoms with E-state index in [9.17, 15) is 14.4 Å². The largest absolute Gasteiger partial charge is 0.481 e. The minimum Gasteiger partial charge on any atom is -0.481 e. The summed E-state index contributed by atoms with van der Waals surface area (Å²) < 4.78 is 0. The van der Waals surface area contributed by atoms with Gasteiger partial charge in [0.05, 0.1) is 12.8 Å². The van der Waals surface area contributed by atoms with Crippen molar-refractivity contribution in [3.8, 4) is 0 Å². The summed E-state index contributed by atoms with van der Waals surface area (Å²) in [5.74, 6) is -5.02. The molecule has 0 aromatic heterocycles. The molecule has 85 valence electrons. The van der Waals surface area contributed by atoms with Gasteiger partial charge in [0.2, 0.25) is 0 Å². The van der Waals surface area contributed by atoms with Gasteiger partial charge in [-0.2, -0.15) is 0 Å². The predicted octanol–water partition coefficient (Wildman–Crippen LogP) is -2.07. The fourth-order valence-corrected chi connectivity index (χ4v) is 0.714. The van der Waals surface area contributed by atoms with Crippen LogP contribution in [0.5, 0.6) is 0 Å². The molecule has 0 amide bonds. The first-order valence-electron chi connectivity index (χ1n) is 3.17. The quantitative estimate of drug-likeness (QED) is 0.443. The zero-order chi connectivity index (χ0) is 10.6. The molecule has 0 fully saturated rings. The van der Waals surface area contributed by atoms with Crippen molar-refractivity contribution < 1.29 is 75.9 Å². The minimum atomic E-state index is -2.74. The van der Waals surface area contributed by atoms with Gasteiger partial charge in [-0.1, -0.05) is 0 Å². The fourth-order valence-electron chi connectivity index (χ4n) is 0.714. The van der Waals surface area contributed by atoms with Crippen LogP contribution < -0.4 is 0 Å². The summed E-state index contributed by atoms with van der Waals surface area (Å²) in [6, 6.07) is 0. The molecule has 0 aliphatic carbocycles. The van der Waals surface area contributed by atoms with Crippen LogP contribution >= 0.6 is 0 Å². The van der Waals surface area contributed by atoms with Crippen molar-refractivity contribution in [1.29, 1.82) is 0 Å². The Bertz CT molecular complexity index is 234. The van der Waals surface area contributed by atoms with Crippen molar-refractivity contribution in [2.24, 2.45) is 0 Å². The summed E-state index contributed by atoms with van der Waals surface area (Å²) in [4.78, 5) is 30.5. The van der Waals surface area contributed by atoms with Crippen LogP contribution in [-0.4, -0.2) is 49.4 Å². The molecule has 0 aliphatic rings. The van der Waals surface area contributed by atoms with Crippen molar-refractivity contribution in [2.75, 3.05) is 0 Å². The van der Waals surface area contributed by atoms with Gasteiger partial charge in [-0.15, -0.1) is 0 Å². The molecule has 0 spiro atoms. The van der Waals surface area contributed by atoms with Crippen molar-refractivity contribution in [3.63, 3.8) is 0 Å². The van der Waals surface area contributed by atoms with Crippen LogP contribution in [0.2, 0.25) is 0 Å². The predicted molar refractivity (Wildman–Crippen MR) is 40.7 cm³/mol. The number of rotatable bonds is 5. The SMILES string of the molecule is O.O=C(O)CC(O)(CC(=O)O)C(=O)O.[La]. The molecule has 9 heteroatoms. The van der Waals surface area contributed by atoms with E-state index in [0.717, 1.165) is 0 Å². The fraction of sp³-hybridized carbons (Fsp3) is 0.500. The Morgan fingerprint density at radius 1 is 0.933 bits per heavy atom. The molecule has 0 aromatic carbocycles. The number of hydrogen-bond acceptors (Lipinski definition) is 4. The van der Waals surface area contributed by atoms with Gasteiger partial charge in [-0.25, -0.2) is 4.79 Å². The summed E-state index contributed by atoms with van der Waals surface area (Å²) in [6.45, 7) is 0. The number of aliphatic hydroxyl groups is 1. The maximum atomic E-state index is 10.3. The molecule has 1 radical (unpaired) electrons. The van der Waals surface area contributed by atoms with E-state index >= 15 is 0 Å². The molecule has 0 rings (SSSR count). The van der Waals surface area contributed by atoms with E-state index in [-0.39, 0.29) is 41.1 Å². The average molecular weight is 349 g/mol. The minimum absolute atomic E-state index is 0. The van der Waals surface area contributed by atoms with Crippen molar-refractivity contribution in [3.05, 3.63) is 0 Å². The normalized spacial score (nSPS) is 9.40. The molecule has 0 aliphatic heterocycles. The van der Waals surface area contributed by atoms with Gasteiger partial charge in [-0.05, 0) is 0 Å². The second-order valence-electron chi connectivity index (χ2n) is 2.48. The van der Waals surface area contributed by atoms with Crippen LogP contribution in [0, 0.1) is 35.6 Å². The van der Waals surface area contributed by atoms with Gasteiger partial charge in [0.15, 0.2) is 5.60 Å². The first-order chi connectivity index (χ1) is 5.78. The Balaban J connectivity index is -0.000000720. The Morgan fingerprint density at radius 3 is 1.33 bits per heavy atom. The number of carboxylic acids is 3. The summed E-state index contributed by atoms with van der Waals surface area (Å²) in [6.07, 6.45) is -2.29. The van der Waals surface area contributed by atoms with Gasteiger partial charge < -0.3 is 25.9 Å². The number of hydrogen-bond donors (Lipinski definition) is 4. The van der Waals surface area contributed by atoms with Gasteiger partial charge in [0.25, 0.3) is 0 Å². The summed E-state index contributed by atoms with van der Waals surface area (Å²) in [5, 5.41) is 33.8. The summed E-state index contributed by atoms with van der Waals surface area (Å²) in [5.41, 5.74) is -2.74. The Morgan fingerprint density at radius 2 is 1.20 bits per heavy atom. The van der Waals surface area contributed by atoms with Crippen molar-refractivity contribution in [2.45, 2.75) is 18.4 Å². The van der Waals surface area contributed by atoms with Gasteiger partial charge in [0.1, 0.15) is 0 Å². The van der Waals surface area contributed by atoms with E-state index in [1.165, 1.54) is 0 Å². The number of carboxylic acid groups (broad SMARTS) is 3. The topological polar surface area (TPSA) is 164 Å². The van der Waals surface area contributed by atoms with Crippen LogP contribution in [0.3, 0.4) is 0 Å². The number of aliphatic carboxylic acids is 3. The molecular formula is C6H10LaO8. The molecule has 0 saturated heterocycles. The molecule has 8 nitrogen and oxygen atoms in total. The Labute approximate surface area is 112 Å². The molecule has 0 aromatic rings. The third-order valence-electron chi connectivity index (χ3n) is 1.29. The standard InChI is InChI=1S/C6H8O7.La.H2O/c7-3(8)1-6(13,5(11)12)2-4(9)10;;/h13H,1-2H2,(H,7,8)(H,9,10)(H,11,12);;1H2.